The monoisotopic (exact) mass is 268 g/mol. The van der Waals surface area contributed by atoms with Crippen LogP contribution in [0.5, 0.6) is 0 Å². The number of ether oxygens (including phenoxy) is 1. The zero-order chi connectivity index (χ0) is 14.3. The van der Waals surface area contributed by atoms with Gasteiger partial charge >= 0.3 is 0 Å². The minimum atomic E-state index is -0.137. The van der Waals surface area contributed by atoms with E-state index in [9.17, 15) is 9.59 Å². The molecule has 0 fully saturated rings. The lowest BCUT2D eigenvalue weighted by Gasteiger charge is -2.05. The van der Waals surface area contributed by atoms with Crippen molar-refractivity contribution in [1.82, 2.24) is 10.6 Å². The Morgan fingerprint density at radius 2 is 1.26 bits per heavy atom. The van der Waals surface area contributed by atoms with Crippen LogP contribution in [0.4, 0.5) is 0 Å². The van der Waals surface area contributed by atoms with Crippen LogP contribution in [0.15, 0.2) is 25.3 Å². The van der Waals surface area contributed by atoms with Crippen molar-refractivity contribution in [3.05, 3.63) is 25.3 Å². The van der Waals surface area contributed by atoms with E-state index in [1.54, 1.807) is 0 Å². The predicted octanol–water partition coefficient (Wildman–Crippen LogP) is 1.17. The maximum Gasteiger partial charge on any atom is 0.243 e. The summed E-state index contributed by atoms with van der Waals surface area (Å²) in [4.78, 5) is 21.6. The number of nitrogens with one attached hydrogen (secondary N) is 2. The number of hydrogen-bond donors (Lipinski definition) is 2. The molecule has 5 heteroatoms. The molecule has 0 saturated carbocycles. The van der Waals surface area contributed by atoms with Gasteiger partial charge in [0, 0.05) is 26.3 Å². The third-order valence-corrected chi connectivity index (χ3v) is 2.40. The SMILES string of the molecule is C=CC(=O)NCCCCOCCCCNC(=O)C=C. The summed E-state index contributed by atoms with van der Waals surface area (Å²) in [6, 6.07) is 0. The predicted molar refractivity (Wildman–Crippen MR) is 75.7 cm³/mol. The Kier molecular flexibility index (Phi) is 11.7. The van der Waals surface area contributed by atoms with E-state index in [4.69, 9.17) is 4.74 Å². The van der Waals surface area contributed by atoms with E-state index in [-0.39, 0.29) is 11.8 Å². The molecule has 2 amide bonds. The minimum absolute atomic E-state index is 0.137. The molecule has 0 bridgehead atoms. The summed E-state index contributed by atoms with van der Waals surface area (Å²) >= 11 is 0. The van der Waals surface area contributed by atoms with E-state index in [0.29, 0.717) is 26.3 Å². The van der Waals surface area contributed by atoms with E-state index in [0.717, 1.165) is 25.7 Å². The molecule has 2 N–H and O–H groups in total. The van der Waals surface area contributed by atoms with Crippen LogP contribution in [0, 0.1) is 0 Å². The van der Waals surface area contributed by atoms with E-state index in [1.165, 1.54) is 12.2 Å². The Bertz CT molecular complexity index is 262. The zero-order valence-corrected chi connectivity index (χ0v) is 11.5. The molecule has 0 rings (SSSR count). The highest BCUT2D eigenvalue weighted by atomic mass is 16.5. The highest BCUT2D eigenvalue weighted by molar-refractivity contribution is 5.87. The average molecular weight is 268 g/mol. The highest BCUT2D eigenvalue weighted by Gasteiger charge is 1.95. The summed E-state index contributed by atoms with van der Waals surface area (Å²) in [5, 5.41) is 5.41. The first-order valence-corrected chi connectivity index (χ1v) is 6.59. The van der Waals surface area contributed by atoms with Crippen molar-refractivity contribution in [3.63, 3.8) is 0 Å². The fraction of sp³-hybridized carbons (Fsp3) is 0.571. The number of hydrogen-bond acceptors (Lipinski definition) is 3. The summed E-state index contributed by atoms with van der Waals surface area (Å²) in [6.45, 7) is 9.45. The second kappa shape index (κ2) is 12.8. The molecule has 0 aromatic carbocycles. The number of rotatable bonds is 12. The number of unbranched alkanes of at least 4 members (excludes halogenated alkanes) is 2. The summed E-state index contributed by atoms with van der Waals surface area (Å²) in [7, 11) is 0. The molecule has 0 aromatic heterocycles. The third kappa shape index (κ3) is 12.6. The van der Waals surface area contributed by atoms with Crippen LogP contribution in [0.2, 0.25) is 0 Å². The second-order valence-corrected chi connectivity index (χ2v) is 4.02. The van der Waals surface area contributed by atoms with Gasteiger partial charge in [0.05, 0.1) is 0 Å². The Balaban J connectivity index is 3.10. The highest BCUT2D eigenvalue weighted by Crippen LogP contribution is 1.93. The molecule has 0 saturated heterocycles. The lowest BCUT2D eigenvalue weighted by atomic mass is 10.3. The molecular formula is C14H24N2O3. The van der Waals surface area contributed by atoms with Crippen molar-refractivity contribution in [2.45, 2.75) is 25.7 Å². The van der Waals surface area contributed by atoms with Crippen LogP contribution in [0.3, 0.4) is 0 Å². The van der Waals surface area contributed by atoms with E-state index >= 15 is 0 Å². The van der Waals surface area contributed by atoms with Gasteiger partial charge in [0.15, 0.2) is 0 Å². The molecule has 19 heavy (non-hydrogen) atoms. The zero-order valence-electron chi connectivity index (χ0n) is 11.5. The van der Waals surface area contributed by atoms with Gasteiger partial charge in [-0.05, 0) is 37.8 Å². The van der Waals surface area contributed by atoms with Gasteiger partial charge in [-0.15, -0.1) is 0 Å². The van der Waals surface area contributed by atoms with Crippen LogP contribution in [0.25, 0.3) is 0 Å². The summed E-state index contributed by atoms with van der Waals surface area (Å²) in [5.74, 6) is -0.273. The molecule has 0 radical (unpaired) electrons. The van der Waals surface area contributed by atoms with Crippen molar-refractivity contribution >= 4 is 11.8 Å². The van der Waals surface area contributed by atoms with Gasteiger partial charge in [-0.3, -0.25) is 9.59 Å². The van der Waals surface area contributed by atoms with Gasteiger partial charge in [0.1, 0.15) is 0 Å². The van der Waals surface area contributed by atoms with E-state index in [1.807, 2.05) is 0 Å². The topological polar surface area (TPSA) is 67.4 Å². The van der Waals surface area contributed by atoms with E-state index < -0.39 is 0 Å². The normalized spacial score (nSPS) is 9.68. The first kappa shape index (κ1) is 17.4. The molecule has 0 aliphatic rings. The molecule has 0 aromatic rings. The molecule has 0 aliphatic heterocycles. The summed E-state index contributed by atoms with van der Waals surface area (Å²) < 4.78 is 5.43. The fourth-order valence-corrected chi connectivity index (χ4v) is 1.33. The van der Waals surface area contributed by atoms with Gasteiger partial charge in [0.25, 0.3) is 0 Å². The van der Waals surface area contributed by atoms with E-state index in [2.05, 4.69) is 23.8 Å². The molecule has 0 unspecified atom stereocenters. The molecule has 0 heterocycles. The minimum Gasteiger partial charge on any atom is -0.381 e. The van der Waals surface area contributed by atoms with Gasteiger partial charge in [0.2, 0.25) is 11.8 Å². The van der Waals surface area contributed by atoms with Crippen molar-refractivity contribution in [1.29, 1.82) is 0 Å². The third-order valence-electron chi connectivity index (χ3n) is 2.40. The lowest BCUT2D eigenvalue weighted by molar-refractivity contribution is -0.117. The second-order valence-electron chi connectivity index (χ2n) is 4.02. The fourth-order valence-electron chi connectivity index (χ4n) is 1.33. The lowest BCUT2D eigenvalue weighted by Crippen LogP contribution is -2.22. The summed E-state index contributed by atoms with van der Waals surface area (Å²) in [5.41, 5.74) is 0. The first-order chi connectivity index (χ1) is 9.20. The van der Waals surface area contributed by atoms with Crippen molar-refractivity contribution in [2.75, 3.05) is 26.3 Å². The summed E-state index contributed by atoms with van der Waals surface area (Å²) in [6.07, 6.45) is 6.17. The quantitative estimate of drug-likeness (QED) is 0.412. The molecule has 108 valence electrons. The Labute approximate surface area is 115 Å². The van der Waals surface area contributed by atoms with Crippen molar-refractivity contribution in [2.24, 2.45) is 0 Å². The Morgan fingerprint density at radius 3 is 1.63 bits per heavy atom. The number of carbonyl (C=O) groups is 2. The van der Waals surface area contributed by atoms with Crippen LogP contribution >= 0.6 is 0 Å². The maximum absolute atomic E-state index is 10.8. The average Bonchev–Trinajstić information content (AvgIpc) is 2.43. The van der Waals surface area contributed by atoms with Crippen LogP contribution in [-0.4, -0.2) is 38.1 Å². The molecule has 0 atom stereocenters. The van der Waals surface area contributed by atoms with Gasteiger partial charge in [-0.1, -0.05) is 13.2 Å². The van der Waals surface area contributed by atoms with Gasteiger partial charge < -0.3 is 15.4 Å². The van der Waals surface area contributed by atoms with Gasteiger partial charge in [-0.25, -0.2) is 0 Å². The smallest absolute Gasteiger partial charge is 0.243 e. The van der Waals surface area contributed by atoms with Crippen LogP contribution < -0.4 is 10.6 Å². The largest absolute Gasteiger partial charge is 0.381 e. The Morgan fingerprint density at radius 1 is 0.842 bits per heavy atom. The molecule has 0 aliphatic carbocycles. The first-order valence-electron chi connectivity index (χ1n) is 6.59. The van der Waals surface area contributed by atoms with Crippen molar-refractivity contribution in [3.8, 4) is 0 Å². The van der Waals surface area contributed by atoms with Crippen LogP contribution in [0.1, 0.15) is 25.7 Å². The number of amides is 2. The number of carbonyl (C=O) groups excluding carboxylic acids is 2. The standard InChI is InChI=1S/C14H24N2O3/c1-3-13(17)15-9-5-7-11-19-12-8-6-10-16-14(18)4-2/h3-4H,1-2,5-12H2,(H,15,17)(H,16,18). The molecule has 5 nitrogen and oxygen atoms in total. The van der Waals surface area contributed by atoms with Crippen LogP contribution in [-0.2, 0) is 14.3 Å². The Hall–Kier alpha value is -1.62. The van der Waals surface area contributed by atoms with Gasteiger partial charge in [-0.2, -0.15) is 0 Å². The van der Waals surface area contributed by atoms with Crippen molar-refractivity contribution < 1.29 is 14.3 Å². The molecular weight excluding hydrogens is 244 g/mol. The maximum atomic E-state index is 10.8. The molecule has 0 spiro atoms.